The molecule has 0 amide bonds. The molecule has 266 valence electrons. The van der Waals surface area contributed by atoms with Crippen LogP contribution in [-0.4, -0.2) is 37.4 Å². The fraction of sp³-hybridized carbons (Fsp3) is 0.318. The predicted octanol–water partition coefficient (Wildman–Crippen LogP) is 9.25. The van der Waals surface area contributed by atoms with E-state index in [0.29, 0.717) is 31.6 Å². The number of carbonyl (C=O) groups is 2. The van der Waals surface area contributed by atoms with Crippen molar-refractivity contribution in [1.29, 1.82) is 10.5 Å². The molecule has 2 unspecified atom stereocenters. The Morgan fingerprint density at radius 1 is 0.692 bits per heavy atom. The number of benzene rings is 2. The summed E-state index contributed by atoms with van der Waals surface area (Å²) >= 11 is 0. The van der Waals surface area contributed by atoms with Crippen molar-refractivity contribution in [2.24, 2.45) is 0 Å². The molecule has 2 atom stereocenters. The molecule has 0 aliphatic heterocycles. The summed E-state index contributed by atoms with van der Waals surface area (Å²) in [5, 5.41) is 17.9. The molecule has 0 aromatic heterocycles. The highest BCUT2D eigenvalue weighted by Crippen LogP contribution is 2.28. The molecule has 0 saturated carbocycles. The molecular weight excluding hydrogens is 652 g/mol. The van der Waals surface area contributed by atoms with Crippen LogP contribution in [-0.2, 0) is 19.1 Å². The Morgan fingerprint density at radius 2 is 1.25 bits per heavy atom. The summed E-state index contributed by atoms with van der Waals surface area (Å²) < 4.78 is 22.8. The highest BCUT2D eigenvalue weighted by atomic mass is 16.6. The largest absolute Gasteiger partial charge is 0.494 e. The van der Waals surface area contributed by atoms with Crippen molar-refractivity contribution in [3.8, 4) is 23.6 Å². The van der Waals surface area contributed by atoms with Crippen LogP contribution in [0, 0.1) is 22.7 Å². The van der Waals surface area contributed by atoms with E-state index in [2.05, 4.69) is 30.7 Å². The summed E-state index contributed by atoms with van der Waals surface area (Å²) in [6.07, 6.45) is 15.2. The maximum atomic E-state index is 12.5. The monoisotopic (exact) mass is 696 g/mol. The van der Waals surface area contributed by atoms with Crippen LogP contribution in [0.2, 0.25) is 0 Å². The molecule has 2 aliphatic carbocycles. The van der Waals surface area contributed by atoms with Crippen molar-refractivity contribution in [2.75, 3.05) is 13.2 Å². The van der Waals surface area contributed by atoms with Gasteiger partial charge >= 0.3 is 11.9 Å². The molecule has 0 saturated heterocycles. The van der Waals surface area contributed by atoms with Crippen molar-refractivity contribution in [1.82, 2.24) is 0 Å². The number of ether oxygens (including phenoxy) is 4. The summed E-state index contributed by atoms with van der Waals surface area (Å²) in [5.41, 5.74) is 11.2. The molecule has 0 spiro atoms. The molecule has 0 heterocycles. The van der Waals surface area contributed by atoms with E-state index < -0.39 is 24.1 Å². The van der Waals surface area contributed by atoms with Crippen LogP contribution in [0.5, 0.6) is 11.5 Å². The first kappa shape index (κ1) is 38.8. The Bertz CT molecular complexity index is 1850. The highest BCUT2D eigenvalue weighted by Gasteiger charge is 2.23. The zero-order chi connectivity index (χ0) is 37.0. The van der Waals surface area contributed by atoms with Crippen molar-refractivity contribution in [2.45, 2.75) is 76.4 Å². The predicted molar refractivity (Wildman–Crippen MR) is 201 cm³/mol. The lowest BCUT2D eigenvalue weighted by Crippen LogP contribution is -2.32. The molecule has 0 fully saturated rings. The highest BCUT2D eigenvalue weighted by molar-refractivity contribution is 5.76. The fourth-order valence-corrected chi connectivity index (χ4v) is 5.48. The maximum absolute atomic E-state index is 12.5. The van der Waals surface area contributed by atoms with Gasteiger partial charge < -0.3 is 18.9 Å². The Balaban J connectivity index is 1.05. The first-order valence-corrected chi connectivity index (χ1v) is 17.7. The molecule has 2 aliphatic rings. The van der Waals surface area contributed by atoms with E-state index in [9.17, 15) is 9.59 Å². The molecule has 2 aromatic rings. The van der Waals surface area contributed by atoms with Gasteiger partial charge in [0.2, 0.25) is 0 Å². The number of nitriles is 2. The Kier molecular flexibility index (Phi) is 15.8. The third kappa shape index (κ3) is 12.7. The first-order valence-electron chi connectivity index (χ1n) is 17.7. The molecule has 52 heavy (non-hydrogen) atoms. The van der Waals surface area contributed by atoms with Crippen LogP contribution < -0.4 is 9.47 Å². The number of allylic oxidation sites excluding steroid dienone is 8. The van der Waals surface area contributed by atoms with Gasteiger partial charge in [-0.05, 0) is 123 Å². The minimum Gasteiger partial charge on any atom is -0.494 e. The van der Waals surface area contributed by atoms with Gasteiger partial charge in [-0.3, -0.25) is 9.59 Å². The van der Waals surface area contributed by atoms with E-state index >= 15 is 0 Å². The summed E-state index contributed by atoms with van der Waals surface area (Å²) in [4.78, 5) is 25.0. The third-order valence-electron chi connectivity index (χ3n) is 8.46. The molecular formula is C44H44N2O6. The van der Waals surface area contributed by atoms with E-state index in [1.54, 1.807) is 6.08 Å². The standard InChI is InChI=1S/C44H44N2O6/c1-3-41(51-43(47)11-7-5-9-29-49-39-25-21-37(22-26-39)35-17-13-33(31-45)14-18-35)42(4-2)52-44(48)12-8-6-10-30-50-40-27-23-38(24-28-40)36-19-15-34(32-46)16-20-36/h3-4,13,15,17,19,21-28,41-42H,1-2,5-12,14,18,29-30H2. The van der Waals surface area contributed by atoms with Gasteiger partial charge in [-0.1, -0.05) is 55.0 Å². The topological polar surface area (TPSA) is 119 Å². The second-order valence-corrected chi connectivity index (χ2v) is 12.3. The summed E-state index contributed by atoms with van der Waals surface area (Å²) in [7, 11) is 0. The lowest BCUT2D eigenvalue weighted by atomic mass is 9.94. The molecule has 8 nitrogen and oxygen atoms in total. The van der Waals surface area contributed by atoms with Crippen LogP contribution in [0.1, 0.15) is 75.3 Å². The van der Waals surface area contributed by atoms with Gasteiger partial charge in [0.05, 0.1) is 19.3 Å². The second-order valence-electron chi connectivity index (χ2n) is 12.3. The average Bonchev–Trinajstić information content (AvgIpc) is 3.19. The molecule has 0 N–H and O–H groups in total. The lowest BCUT2D eigenvalue weighted by molar-refractivity contribution is -0.161. The van der Waals surface area contributed by atoms with Crippen LogP contribution in [0.15, 0.2) is 121 Å². The Hall–Kier alpha value is -6.04. The van der Waals surface area contributed by atoms with Crippen LogP contribution in [0.3, 0.4) is 0 Å². The number of nitrogens with zero attached hydrogens (tertiary/aromatic N) is 2. The van der Waals surface area contributed by atoms with Gasteiger partial charge in [-0.2, -0.15) is 10.5 Å². The number of rotatable bonds is 21. The summed E-state index contributed by atoms with van der Waals surface area (Å²) in [5.74, 6) is 0.751. The molecule has 0 bridgehead atoms. The maximum Gasteiger partial charge on any atom is 0.306 e. The first-order chi connectivity index (χ1) is 25.4. The second kappa shape index (κ2) is 21.2. The van der Waals surface area contributed by atoms with Crippen LogP contribution in [0.25, 0.3) is 11.1 Å². The average molecular weight is 697 g/mol. The minimum atomic E-state index is -0.819. The van der Waals surface area contributed by atoms with Crippen molar-refractivity contribution >= 4 is 23.1 Å². The molecule has 0 radical (unpaired) electrons. The summed E-state index contributed by atoms with van der Waals surface area (Å²) in [6.45, 7) is 8.55. The smallest absolute Gasteiger partial charge is 0.306 e. The van der Waals surface area contributed by atoms with Gasteiger partial charge in [0.1, 0.15) is 23.1 Å². The van der Waals surface area contributed by atoms with Crippen molar-refractivity contribution in [3.05, 3.63) is 132 Å². The van der Waals surface area contributed by atoms with E-state index in [1.807, 2.05) is 72.8 Å². The normalized spacial score (nSPS) is 14.2. The van der Waals surface area contributed by atoms with Gasteiger partial charge in [0.25, 0.3) is 0 Å². The Morgan fingerprint density at radius 3 is 1.69 bits per heavy atom. The quantitative estimate of drug-likeness (QED) is 0.0549. The zero-order valence-electron chi connectivity index (χ0n) is 29.5. The number of hydrogen-bond donors (Lipinski definition) is 0. The minimum absolute atomic E-state index is 0.223. The van der Waals surface area contributed by atoms with Gasteiger partial charge in [-0.25, -0.2) is 0 Å². The van der Waals surface area contributed by atoms with Gasteiger partial charge in [0.15, 0.2) is 12.2 Å². The van der Waals surface area contributed by atoms with Gasteiger partial charge in [-0.15, -0.1) is 0 Å². The van der Waals surface area contributed by atoms with Crippen molar-refractivity contribution in [3.63, 3.8) is 0 Å². The third-order valence-corrected chi connectivity index (χ3v) is 8.46. The van der Waals surface area contributed by atoms with E-state index in [0.717, 1.165) is 72.3 Å². The Labute approximate surface area is 306 Å². The number of carbonyl (C=O) groups excluding carboxylic acids is 2. The number of unbranched alkanes of at least 4 members (excludes halogenated alkanes) is 4. The zero-order valence-corrected chi connectivity index (χ0v) is 29.5. The number of hydrogen-bond acceptors (Lipinski definition) is 8. The lowest BCUT2D eigenvalue weighted by Gasteiger charge is -2.22. The van der Waals surface area contributed by atoms with E-state index in [4.69, 9.17) is 29.5 Å². The van der Waals surface area contributed by atoms with E-state index in [1.165, 1.54) is 17.7 Å². The van der Waals surface area contributed by atoms with Crippen LogP contribution in [0.4, 0.5) is 0 Å². The van der Waals surface area contributed by atoms with Crippen LogP contribution >= 0.6 is 0 Å². The molecule has 4 rings (SSSR count). The van der Waals surface area contributed by atoms with Crippen molar-refractivity contribution < 1.29 is 28.5 Å². The number of esters is 2. The SMILES string of the molecule is C=CC(OC(=O)CCCCCOc1ccc(C2=C=C=C(C#N)C=C2)cc1)C(C=C)OC(=O)CCCCCOc1ccc(C2=CC=C(C#N)CC2)cc1. The van der Waals surface area contributed by atoms with E-state index in [-0.39, 0.29) is 12.8 Å². The van der Waals surface area contributed by atoms with Gasteiger partial charge in [0, 0.05) is 24.0 Å². The molecule has 2 aromatic carbocycles. The fourth-order valence-electron chi connectivity index (χ4n) is 5.48. The molecule has 8 heteroatoms. The summed E-state index contributed by atoms with van der Waals surface area (Å²) in [6, 6.07) is 19.9.